The molecule has 0 radical (unpaired) electrons. The van der Waals surface area contributed by atoms with Crippen molar-refractivity contribution in [2.24, 2.45) is 0 Å². The van der Waals surface area contributed by atoms with Crippen LogP contribution in [0.3, 0.4) is 0 Å². The summed E-state index contributed by atoms with van der Waals surface area (Å²) in [6.07, 6.45) is 4.72. The first kappa shape index (κ1) is 11.5. The molecule has 0 aliphatic heterocycles. The molecule has 82 valence electrons. The summed E-state index contributed by atoms with van der Waals surface area (Å²) >= 11 is 0. The summed E-state index contributed by atoms with van der Waals surface area (Å²) in [4.78, 5) is 21.2. The minimum absolute atomic E-state index is 0.252. The van der Waals surface area contributed by atoms with Gasteiger partial charge in [0.15, 0.2) is 0 Å². The molecule has 4 nitrogen and oxygen atoms in total. The predicted octanol–water partition coefficient (Wildman–Crippen LogP) is 1.37. The minimum atomic E-state index is -0.311. The van der Waals surface area contributed by atoms with E-state index in [1.165, 1.54) is 13.8 Å². The smallest absolute Gasteiger partial charge is 0.302 e. The molecule has 0 aromatic heterocycles. The third kappa shape index (κ3) is 3.97. The molecule has 0 N–H and O–H groups in total. The average Bonchev–Trinajstić information content (AvgIpc) is 2.58. The van der Waals surface area contributed by atoms with Gasteiger partial charge in [-0.2, -0.15) is 0 Å². The van der Waals surface area contributed by atoms with Crippen molar-refractivity contribution in [3.8, 4) is 0 Å². The lowest BCUT2D eigenvalue weighted by atomic mass is 10.1. The van der Waals surface area contributed by atoms with Crippen molar-refractivity contribution < 1.29 is 19.1 Å². The molecule has 4 heteroatoms. The lowest BCUT2D eigenvalue weighted by Crippen LogP contribution is -2.09. The van der Waals surface area contributed by atoms with Crippen molar-refractivity contribution in [1.82, 2.24) is 0 Å². The van der Waals surface area contributed by atoms with Crippen LogP contribution in [0, 0.1) is 0 Å². The Kier molecular flexibility index (Phi) is 4.09. The second-order valence-electron chi connectivity index (χ2n) is 3.25. The van der Waals surface area contributed by atoms with Crippen molar-refractivity contribution in [3.63, 3.8) is 0 Å². The van der Waals surface area contributed by atoms with Gasteiger partial charge < -0.3 is 9.47 Å². The number of hydrogen-bond donors (Lipinski definition) is 0. The van der Waals surface area contributed by atoms with Crippen LogP contribution >= 0.6 is 0 Å². The van der Waals surface area contributed by atoms with Crippen LogP contribution in [0.25, 0.3) is 0 Å². The number of esters is 2. The SMILES string of the molecule is CC(=O)OCC1=CCC=C1COC(C)=O. The van der Waals surface area contributed by atoms with E-state index in [0.717, 1.165) is 17.6 Å². The Labute approximate surface area is 88.6 Å². The van der Waals surface area contributed by atoms with Crippen molar-refractivity contribution in [3.05, 3.63) is 23.3 Å². The Morgan fingerprint density at radius 2 is 1.47 bits per heavy atom. The van der Waals surface area contributed by atoms with Gasteiger partial charge in [-0.3, -0.25) is 9.59 Å². The summed E-state index contributed by atoms with van der Waals surface area (Å²) < 4.78 is 9.75. The van der Waals surface area contributed by atoms with E-state index in [4.69, 9.17) is 9.47 Å². The van der Waals surface area contributed by atoms with Gasteiger partial charge in [-0.25, -0.2) is 0 Å². The highest BCUT2D eigenvalue weighted by molar-refractivity contribution is 5.67. The third-order valence-corrected chi connectivity index (χ3v) is 2.00. The summed E-state index contributed by atoms with van der Waals surface area (Å²) in [5.41, 5.74) is 1.85. The molecule has 0 fully saturated rings. The van der Waals surface area contributed by atoms with Gasteiger partial charge in [0.1, 0.15) is 13.2 Å². The fourth-order valence-corrected chi connectivity index (χ4v) is 1.27. The molecule has 0 spiro atoms. The molecule has 0 aromatic rings. The average molecular weight is 210 g/mol. The zero-order valence-electron chi connectivity index (χ0n) is 8.91. The minimum Gasteiger partial charge on any atom is -0.461 e. The molecule has 0 bridgehead atoms. The normalized spacial score (nSPS) is 14.3. The standard InChI is InChI=1S/C11H14O4/c1-8(12)14-6-10-4-3-5-11(10)7-15-9(2)13/h4-5H,3,6-7H2,1-2H3. The summed E-state index contributed by atoms with van der Waals surface area (Å²) in [7, 11) is 0. The van der Waals surface area contributed by atoms with Crippen LogP contribution in [-0.4, -0.2) is 25.2 Å². The van der Waals surface area contributed by atoms with Gasteiger partial charge in [0.05, 0.1) is 0 Å². The number of allylic oxidation sites excluding steroid dienone is 2. The second-order valence-corrected chi connectivity index (χ2v) is 3.25. The number of carbonyl (C=O) groups is 2. The maximum Gasteiger partial charge on any atom is 0.302 e. The lowest BCUT2D eigenvalue weighted by Gasteiger charge is -2.08. The Bertz CT molecular complexity index is 293. The first-order valence-electron chi connectivity index (χ1n) is 4.74. The van der Waals surface area contributed by atoms with Gasteiger partial charge in [0.25, 0.3) is 0 Å². The Morgan fingerprint density at radius 1 is 1.07 bits per heavy atom. The van der Waals surface area contributed by atoms with E-state index in [1.807, 2.05) is 12.2 Å². The highest BCUT2D eigenvalue weighted by Gasteiger charge is 2.12. The first-order valence-corrected chi connectivity index (χ1v) is 4.74. The Morgan fingerprint density at radius 3 is 1.80 bits per heavy atom. The molecule has 0 saturated carbocycles. The molecular weight excluding hydrogens is 196 g/mol. The molecule has 0 atom stereocenters. The monoisotopic (exact) mass is 210 g/mol. The maximum absolute atomic E-state index is 10.6. The van der Waals surface area contributed by atoms with Gasteiger partial charge in [-0.1, -0.05) is 12.2 Å². The third-order valence-electron chi connectivity index (χ3n) is 2.00. The number of carbonyl (C=O) groups excluding carboxylic acids is 2. The molecule has 15 heavy (non-hydrogen) atoms. The first-order chi connectivity index (χ1) is 7.09. The summed E-state index contributed by atoms with van der Waals surface area (Å²) in [5.74, 6) is -0.621. The highest BCUT2D eigenvalue weighted by Crippen LogP contribution is 2.19. The van der Waals surface area contributed by atoms with Crippen LogP contribution in [0.2, 0.25) is 0 Å². The zero-order valence-corrected chi connectivity index (χ0v) is 8.91. The van der Waals surface area contributed by atoms with Crippen LogP contribution in [0.15, 0.2) is 23.3 Å². The van der Waals surface area contributed by atoms with E-state index in [-0.39, 0.29) is 25.2 Å². The largest absolute Gasteiger partial charge is 0.461 e. The molecular formula is C11H14O4. The van der Waals surface area contributed by atoms with E-state index in [9.17, 15) is 9.59 Å². The lowest BCUT2D eigenvalue weighted by molar-refractivity contribution is -0.141. The predicted molar refractivity (Wildman–Crippen MR) is 54.0 cm³/mol. The molecule has 1 aliphatic carbocycles. The number of hydrogen-bond acceptors (Lipinski definition) is 4. The molecule has 0 amide bonds. The fraction of sp³-hybridized carbons (Fsp3) is 0.455. The van der Waals surface area contributed by atoms with Gasteiger partial charge in [-0.15, -0.1) is 0 Å². The van der Waals surface area contributed by atoms with E-state index in [0.29, 0.717) is 0 Å². The molecule has 0 heterocycles. The van der Waals surface area contributed by atoms with E-state index in [2.05, 4.69) is 0 Å². The molecule has 1 aliphatic rings. The van der Waals surface area contributed by atoms with Crippen molar-refractivity contribution >= 4 is 11.9 Å². The van der Waals surface area contributed by atoms with Gasteiger partial charge in [0.2, 0.25) is 0 Å². The molecule has 0 aromatic carbocycles. The van der Waals surface area contributed by atoms with Gasteiger partial charge >= 0.3 is 11.9 Å². The van der Waals surface area contributed by atoms with Crippen LogP contribution in [0.1, 0.15) is 20.3 Å². The van der Waals surface area contributed by atoms with E-state index in [1.54, 1.807) is 0 Å². The molecule has 1 rings (SSSR count). The van der Waals surface area contributed by atoms with E-state index >= 15 is 0 Å². The maximum atomic E-state index is 10.6. The summed E-state index contributed by atoms with van der Waals surface area (Å²) in [6.45, 7) is 3.24. The quantitative estimate of drug-likeness (QED) is 0.657. The van der Waals surface area contributed by atoms with Gasteiger partial charge in [0, 0.05) is 13.8 Å². The number of ether oxygens (including phenoxy) is 2. The molecule has 0 unspecified atom stereocenters. The van der Waals surface area contributed by atoms with Crippen LogP contribution in [0.5, 0.6) is 0 Å². The van der Waals surface area contributed by atoms with Crippen LogP contribution in [0.4, 0.5) is 0 Å². The fourth-order valence-electron chi connectivity index (χ4n) is 1.27. The topological polar surface area (TPSA) is 52.6 Å². The Hall–Kier alpha value is -1.58. The molecule has 0 saturated heterocycles. The zero-order chi connectivity index (χ0) is 11.3. The van der Waals surface area contributed by atoms with Crippen LogP contribution in [-0.2, 0) is 19.1 Å². The van der Waals surface area contributed by atoms with Gasteiger partial charge in [-0.05, 0) is 17.6 Å². The Balaban J connectivity index is 2.41. The van der Waals surface area contributed by atoms with Crippen LogP contribution < -0.4 is 0 Å². The number of rotatable bonds is 4. The second kappa shape index (κ2) is 5.34. The highest BCUT2D eigenvalue weighted by atomic mass is 16.5. The van der Waals surface area contributed by atoms with Crippen molar-refractivity contribution in [1.29, 1.82) is 0 Å². The van der Waals surface area contributed by atoms with Crippen molar-refractivity contribution in [2.45, 2.75) is 20.3 Å². The van der Waals surface area contributed by atoms with E-state index < -0.39 is 0 Å². The summed E-state index contributed by atoms with van der Waals surface area (Å²) in [6, 6.07) is 0. The summed E-state index contributed by atoms with van der Waals surface area (Å²) in [5, 5.41) is 0. The van der Waals surface area contributed by atoms with Crippen molar-refractivity contribution in [2.75, 3.05) is 13.2 Å².